The van der Waals surface area contributed by atoms with Crippen LogP contribution in [0.3, 0.4) is 0 Å². The molecule has 4 aromatic carbocycles. The summed E-state index contributed by atoms with van der Waals surface area (Å²) in [7, 11) is 0. The van der Waals surface area contributed by atoms with Crippen molar-refractivity contribution in [3.05, 3.63) is 132 Å². The largest absolute Gasteiger partial charge is 0.245 e. The van der Waals surface area contributed by atoms with E-state index in [0.29, 0.717) is 11.9 Å². The Hall–Kier alpha value is -4.57. The Morgan fingerprint density at radius 2 is 1.28 bits per heavy atom. The van der Waals surface area contributed by atoms with Gasteiger partial charge in [0.25, 0.3) is 0 Å². The second kappa shape index (κ2) is 9.96. The van der Waals surface area contributed by atoms with Gasteiger partial charge in [0.05, 0.1) is 16.9 Å². The number of para-hydroxylation sites is 1. The first kappa shape index (κ1) is 21.9. The van der Waals surface area contributed by atoms with E-state index in [4.69, 9.17) is 15.1 Å². The normalized spacial score (nSPS) is 16.6. The monoisotopic (exact) mass is 466 g/mol. The second-order valence-electron chi connectivity index (χ2n) is 9.05. The Bertz CT molecular complexity index is 1540. The van der Waals surface area contributed by atoms with Crippen LogP contribution < -0.4 is 5.43 Å². The molecule has 0 spiro atoms. The molecule has 1 atom stereocenters. The minimum absolute atomic E-state index is 0.365. The van der Waals surface area contributed by atoms with Crippen LogP contribution in [0.1, 0.15) is 29.9 Å². The third-order valence-electron chi connectivity index (χ3n) is 6.63. The fourth-order valence-corrected chi connectivity index (χ4v) is 4.87. The van der Waals surface area contributed by atoms with Crippen molar-refractivity contribution < 1.29 is 0 Å². The van der Waals surface area contributed by atoms with Crippen LogP contribution >= 0.6 is 0 Å². The van der Waals surface area contributed by atoms with Crippen LogP contribution in [0, 0.1) is 0 Å². The number of nitrogens with one attached hydrogen (secondary N) is 1. The summed E-state index contributed by atoms with van der Waals surface area (Å²) in [6.07, 6.45) is 4.05. The smallest absolute Gasteiger partial charge is 0.244 e. The van der Waals surface area contributed by atoms with E-state index < -0.39 is 0 Å². The standard InChI is InChI=1S/C32H26N4/c1-4-12-23(13-5-1)26-20-27(24-14-6-2-7-15-24)22-28(21-26)35-36-32-33-30-19-11-10-18-29(30)31(34-32)25-16-8-3-9-17-25/h1-19,21,27H,20,22H2,(H,33,34,36)/b35-28-/t27-/m1/s1. The molecule has 1 aliphatic carbocycles. The van der Waals surface area contributed by atoms with E-state index in [1.807, 2.05) is 36.4 Å². The van der Waals surface area contributed by atoms with E-state index >= 15 is 0 Å². The lowest BCUT2D eigenvalue weighted by Crippen LogP contribution is -2.14. The summed E-state index contributed by atoms with van der Waals surface area (Å²) in [5, 5.41) is 5.83. The molecule has 1 aromatic heterocycles. The van der Waals surface area contributed by atoms with Crippen LogP contribution in [0.25, 0.3) is 27.7 Å². The van der Waals surface area contributed by atoms with Gasteiger partial charge in [-0.05, 0) is 47.6 Å². The Kier molecular flexibility index (Phi) is 6.07. The molecule has 0 saturated carbocycles. The highest BCUT2D eigenvalue weighted by Gasteiger charge is 2.22. The first-order valence-electron chi connectivity index (χ1n) is 12.3. The molecule has 1 heterocycles. The van der Waals surface area contributed by atoms with Gasteiger partial charge in [-0.2, -0.15) is 5.10 Å². The molecule has 4 nitrogen and oxygen atoms in total. The first-order valence-corrected chi connectivity index (χ1v) is 12.3. The van der Waals surface area contributed by atoms with Gasteiger partial charge in [-0.15, -0.1) is 0 Å². The van der Waals surface area contributed by atoms with E-state index in [1.165, 1.54) is 16.7 Å². The van der Waals surface area contributed by atoms with Crippen molar-refractivity contribution in [3.8, 4) is 11.3 Å². The summed E-state index contributed by atoms with van der Waals surface area (Å²) in [5.74, 6) is 0.862. The third-order valence-corrected chi connectivity index (χ3v) is 6.63. The summed E-state index contributed by atoms with van der Waals surface area (Å²) in [6.45, 7) is 0. The van der Waals surface area contributed by atoms with Gasteiger partial charge in [0.2, 0.25) is 5.95 Å². The quantitative estimate of drug-likeness (QED) is 0.270. The number of allylic oxidation sites excluding steroid dienone is 2. The number of hydrogen-bond acceptors (Lipinski definition) is 4. The third kappa shape index (κ3) is 4.66. The van der Waals surface area contributed by atoms with Crippen LogP contribution in [-0.4, -0.2) is 15.7 Å². The molecule has 4 heteroatoms. The van der Waals surface area contributed by atoms with Crippen molar-refractivity contribution in [1.82, 2.24) is 9.97 Å². The Morgan fingerprint density at radius 1 is 0.639 bits per heavy atom. The van der Waals surface area contributed by atoms with Gasteiger partial charge in [0.1, 0.15) is 0 Å². The average molecular weight is 467 g/mol. The molecule has 5 aromatic rings. The molecule has 1 N–H and O–H groups in total. The molecule has 6 rings (SSSR count). The summed E-state index contributed by atoms with van der Waals surface area (Å²) in [5.41, 5.74) is 10.9. The van der Waals surface area contributed by atoms with Crippen molar-refractivity contribution in [2.24, 2.45) is 5.10 Å². The van der Waals surface area contributed by atoms with E-state index in [-0.39, 0.29) is 0 Å². The summed E-state index contributed by atoms with van der Waals surface area (Å²) in [4.78, 5) is 9.61. The maximum absolute atomic E-state index is 4.86. The van der Waals surface area contributed by atoms with E-state index in [0.717, 1.165) is 40.7 Å². The summed E-state index contributed by atoms with van der Waals surface area (Å²) >= 11 is 0. The lowest BCUT2D eigenvalue weighted by molar-refractivity contribution is 0.731. The van der Waals surface area contributed by atoms with Crippen LogP contribution in [0.15, 0.2) is 126 Å². The zero-order valence-corrected chi connectivity index (χ0v) is 19.9. The summed E-state index contributed by atoms with van der Waals surface area (Å²) in [6, 6.07) is 39.6. The van der Waals surface area contributed by atoms with Crippen LogP contribution in [-0.2, 0) is 0 Å². The topological polar surface area (TPSA) is 50.2 Å². The zero-order valence-electron chi connectivity index (χ0n) is 19.9. The lowest BCUT2D eigenvalue weighted by atomic mass is 9.81. The van der Waals surface area contributed by atoms with E-state index in [9.17, 15) is 0 Å². The van der Waals surface area contributed by atoms with E-state index in [2.05, 4.69) is 90.4 Å². The summed E-state index contributed by atoms with van der Waals surface area (Å²) < 4.78 is 0. The fraction of sp³-hybridized carbons (Fsp3) is 0.0938. The van der Waals surface area contributed by atoms with E-state index in [1.54, 1.807) is 0 Å². The van der Waals surface area contributed by atoms with Crippen molar-refractivity contribution in [2.45, 2.75) is 18.8 Å². The highest BCUT2D eigenvalue weighted by atomic mass is 15.4. The Balaban J connectivity index is 1.37. The molecule has 0 fully saturated rings. The van der Waals surface area contributed by atoms with Gasteiger partial charge >= 0.3 is 0 Å². The van der Waals surface area contributed by atoms with Crippen molar-refractivity contribution in [3.63, 3.8) is 0 Å². The number of nitrogens with zero attached hydrogens (tertiary/aromatic N) is 3. The van der Waals surface area contributed by atoms with Gasteiger partial charge < -0.3 is 0 Å². The van der Waals surface area contributed by atoms with Crippen LogP contribution in [0.4, 0.5) is 5.95 Å². The minimum atomic E-state index is 0.365. The predicted octanol–water partition coefficient (Wildman–Crippen LogP) is 7.73. The molecule has 0 saturated heterocycles. The van der Waals surface area contributed by atoms with Gasteiger partial charge in [-0.25, -0.2) is 15.4 Å². The number of aromatic nitrogens is 2. The maximum Gasteiger partial charge on any atom is 0.244 e. The van der Waals surface area contributed by atoms with Gasteiger partial charge in [-0.1, -0.05) is 109 Å². The number of fused-ring (bicyclic) bond motifs is 1. The Morgan fingerprint density at radius 3 is 2.03 bits per heavy atom. The molecule has 174 valence electrons. The number of hydrogen-bond donors (Lipinski definition) is 1. The molecule has 0 unspecified atom stereocenters. The van der Waals surface area contributed by atoms with Crippen molar-refractivity contribution >= 4 is 28.1 Å². The second-order valence-corrected chi connectivity index (χ2v) is 9.05. The highest BCUT2D eigenvalue weighted by molar-refractivity contribution is 6.03. The predicted molar refractivity (Wildman–Crippen MR) is 149 cm³/mol. The zero-order chi connectivity index (χ0) is 24.2. The van der Waals surface area contributed by atoms with Gasteiger partial charge in [0.15, 0.2) is 0 Å². The molecule has 1 aliphatic rings. The number of benzene rings is 4. The number of anilines is 1. The molecule has 0 aliphatic heterocycles. The molecule has 0 amide bonds. The maximum atomic E-state index is 4.86. The lowest BCUT2D eigenvalue weighted by Gasteiger charge is -2.24. The van der Waals surface area contributed by atoms with Gasteiger partial charge in [-0.3, -0.25) is 0 Å². The number of hydrazone groups is 1. The van der Waals surface area contributed by atoms with Gasteiger partial charge in [0, 0.05) is 10.9 Å². The van der Waals surface area contributed by atoms with Crippen LogP contribution in [0.5, 0.6) is 0 Å². The SMILES string of the molecule is C1=C(c2ccccc2)C[C@@H](c2ccccc2)C/C1=N\Nc1nc(-c2ccccc2)c2ccccc2n1. The highest BCUT2D eigenvalue weighted by Crippen LogP contribution is 2.36. The molecule has 0 bridgehead atoms. The molecule has 0 radical (unpaired) electrons. The van der Waals surface area contributed by atoms with Crippen LogP contribution in [0.2, 0.25) is 0 Å². The number of rotatable bonds is 5. The Labute approximate surface area is 211 Å². The average Bonchev–Trinajstić information content (AvgIpc) is 2.97. The first-order chi connectivity index (χ1) is 17.8. The molecular formula is C32H26N4. The molecule has 36 heavy (non-hydrogen) atoms. The molecular weight excluding hydrogens is 440 g/mol. The van der Waals surface area contributed by atoms with Crippen molar-refractivity contribution in [1.29, 1.82) is 0 Å². The minimum Gasteiger partial charge on any atom is -0.245 e. The van der Waals surface area contributed by atoms with Crippen molar-refractivity contribution in [2.75, 3.05) is 5.43 Å². The fourth-order valence-electron chi connectivity index (χ4n) is 4.87.